The number of unbranched alkanes of at least 4 members (excludes halogenated alkanes) is 1. The molecule has 0 saturated heterocycles. The Morgan fingerprint density at radius 3 is 2.35 bits per heavy atom. The first-order chi connectivity index (χ1) is 14.8. The van der Waals surface area contributed by atoms with Gasteiger partial charge >= 0.3 is 0 Å². The van der Waals surface area contributed by atoms with Crippen molar-refractivity contribution < 1.29 is 13.2 Å². The Hall–Kier alpha value is -2.34. The Kier molecular flexibility index (Phi) is 7.76. The van der Waals surface area contributed by atoms with Crippen LogP contribution in [0.2, 0.25) is 0 Å². The molecule has 2 aromatic carbocycles. The molecule has 2 N–H and O–H groups in total. The Labute approximate surface area is 186 Å². The molecule has 6 heteroatoms. The second-order valence-corrected chi connectivity index (χ2v) is 10.5. The largest absolute Gasteiger partial charge is 0.349 e. The van der Waals surface area contributed by atoms with Crippen LogP contribution in [0.5, 0.6) is 0 Å². The lowest BCUT2D eigenvalue weighted by molar-refractivity contribution is 0.0922. The van der Waals surface area contributed by atoms with Gasteiger partial charge in [0.15, 0.2) is 0 Å². The quantitative estimate of drug-likeness (QED) is 0.571. The minimum Gasteiger partial charge on any atom is -0.349 e. The Balaban J connectivity index is 1.72. The molecule has 168 valence electrons. The van der Waals surface area contributed by atoms with Crippen LogP contribution in [0.15, 0.2) is 47.4 Å². The molecule has 1 aliphatic carbocycles. The highest BCUT2D eigenvalue weighted by molar-refractivity contribution is 7.92. The molecule has 2 aromatic rings. The van der Waals surface area contributed by atoms with Gasteiger partial charge in [-0.15, -0.1) is 0 Å². The summed E-state index contributed by atoms with van der Waals surface area (Å²) in [5.74, 6) is 0.504. The van der Waals surface area contributed by atoms with Gasteiger partial charge in [0, 0.05) is 17.3 Å². The third kappa shape index (κ3) is 6.33. The zero-order valence-electron chi connectivity index (χ0n) is 18.8. The summed E-state index contributed by atoms with van der Waals surface area (Å²) in [6, 6.07) is 12.4. The number of hydrogen-bond acceptors (Lipinski definition) is 3. The lowest BCUT2D eigenvalue weighted by Gasteiger charge is -2.27. The van der Waals surface area contributed by atoms with Gasteiger partial charge in [0.05, 0.1) is 4.90 Å². The Morgan fingerprint density at radius 1 is 1.03 bits per heavy atom. The zero-order chi connectivity index (χ0) is 22.4. The molecule has 0 radical (unpaired) electrons. The van der Waals surface area contributed by atoms with Crippen molar-refractivity contribution in [3.05, 3.63) is 59.2 Å². The van der Waals surface area contributed by atoms with Crippen LogP contribution >= 0.6 is 0 Å². The van der Waals surface area contributed by atoms with Crippen molar-refractivity contribution in [2.24, 2.45) is 5.92 Å². The van der Waals surface area contributed by atoms with Crippen molar-refractivity contribution in [3.8, 4) is 0 Å². The van der Waals surface area contributed by atoms with Crippen LogP contribution in [0, 0.1) is 12.8 Å². The summed E-state index contributed by atoms with van der Waals surface area (Å²) >= 11 is 0. The molecule has 5 nitrogen and oxygen atoms in total. The molecule has 3 rings (SSSR count). The monoisotopic (exact) mass is 442 g/mol. The van der Waals surface area contributed by atoms with Crippen molar-refractivity contribution in [3.63, 3.8) is 0 Å². The van der Waals surface area contributed by atoms with Crippen LogP contribution in [-0.2, 0) is 16.4 Å². The minimum absolute atomic E-state index is 0.0931. The molecule has 0 bridgehead atoms. The van der Waals surface area contributed by atoms with Crippen LogP contribution in [0.1, 0.15) is 73.9 Å². The number of anilines is 1. The topological polar surface area (TPSA) is 75.3 Å². The Bertz CT molecular complexity index is 992. The third-order valence-electron chi connectivity index (χ3n) is 6.14. The standard InChI is InChI=1S/C25H34N2O3S/c1-4-5-6-20-10-14-22(15-11-20)27-31(29,30)23-16-9-19(3)24(17-23)25(28)26-21-12-7-18(2)8-13-21/h9-11,14-18,21,27H,4-8,12-13H2,1-3H3,(H,26,28). The van der Waals surface area contributed by atoms with Crippen molar-refractivity contribution in [1.29, 1.82) is 0 Å². The molecule has 0 heterocycles. The third-order valence-corrected chi connectivity index (χ3v) is 7.52. The zero-order valence-corrected chi connectivity index (χ0v) is 19.6. The SMILES string of the molecule is CCCCc1ccc(NS(=O)(=O)c2ccc(C)c(C(=O)NC3CCC(C)CC3)c2)cc1. The predicted molar refractivity (Wildman–Crippen MR) is 126 cm³/mol. The molecule has 1 fully saturated rings. The van der Waals surface area contributed by atoms with Crippen LogP contribution in [0.3, 0.4) is 0 Å². The number of hydrogen-bond donors (Lipinski definition) is 2. The fourth-order valence-electron chi connectivity index (χ4n) is 4.01. The molecule has 31 heavy (non-hydrogen) atoms. The number of nitrogens with one attached hydrogen (secondary N) is 2. The van der Waals surface area contributed by atoms with E-state index in [-0.39, 0.29) is 16.8 Å². The van der Waals surface area contributed by atoms with Crippen molar-refractivity contribution in [1.82, 2.24) is 5.32 Å². The Morgan fingerprint density at radius 2 is 1.71 bits per heavy atom. The van der Waals surface area contributed by atoms with Crippen LogP contribution in [0.4, 0.5) is 5.69 Å². The summed E-state index contributed by atoms with van der Waals surface area (Å²) in [4.78, 5) is 12.9. The average Bonchev–Trinajstić information content (AvgIpc) is 2.74. The maximum Gasteiger partial charge on any atom is 0.261 e. The molecule has 0 aromatic heterocycles. The maximum absolute atomic E-state index is 12.9. The fraction of sp³-hybridized carbons (Fsp3) is 0.480. The molecule has 1 saturated carbocycles. The number of benzene rings is 2. The second kappa shape index (κ2) is 10.3. The van der Waals surface area contributed by atoms with E-state index in [9.17, 15) is 13.2 Å². The van der Waals surface area contributed by atoms with E-state index in [2.05, 4.69) is 23.9 Å². The maximum atomic E-state index is 12.9. The number of carbonyl (C=O) groups is 1. The average molecular weight is 443 g/mol. The van der Waals surface area contributed by atoms with Gasteiger partial charge in [-0.3, -0.25) is 9.52 Å². The first-order valence-electron chi connectivity index (χ1n) is 11.3. The van der Waals surface area contributed by atoms with E-state index in [1.165, 1.54) is 11.6 Å². The van der Waals surface area contributed by atoms with E-state index >= 15 is 0 Å². The van der Waals surface area contributed by atoms with E-state index in [4.69, 9.17) is 0 Å². The van der Waals surface area contributed by atoms with E-state index < -0.39 is 10.0 Å². The number of amides is 1. The number of carbonyl (C=O) groups excluding carboxylic acids is 1. The molecule has 0 aliphatic heterocycles. The summed E-state index contributed by atoms with van der Waals surface area (Å²) in [7, 11) is -3.79. The predicted octanol–water partition coefficient (Wildman–Crippen LogP) is 5.45. The summed E-state index contributed by atoms with van der Waals surface area (Å²) in [6.07, 6.45) is 7.38. The van der Waals surface area contributed by atoms with Gasteiger partial charge < -0.3 is 5.32 Å². The van der Waals surface area contributed by atoms with Crippen LogP contribution in [-0.4, -0.2) is 20.4 Å². The number of sulfonamides is 1. The van der Waals surface area contributed by atoms with Crippen LogP contribution < -0.4 is 10.0 Å². The van der Waals surface area contributed by atoms with Gasteiger partial charge in [0.2, 0.25) is 0 Å². The van der Waals surface area contributed by atoms with E-state index in [1.807, 2.05) is 19.1 Å². The van der Waals surface area contributed by atoms with Gasteiger partial charge in [-0.1, -0.05) is 38.5 Å². The summed E-state index contributed by atoms with van der Waals surface area (Å²) < 4.78 is 28.5. The van der Waals surface area contributed by atoms with E-state index in [0.717, 1.165) is 50.5 Å². The van der Waals surface area contributed by atoms with E-state index in [0.29, 0.717) is 17.2 Å². The first-order valence-corrected chi connectivity index (χ1v) is 12.8. The summed E-state index contributed by atoms with van der Waals surface area (Å²) in [5, 5.41) is 3.09. The fourth-order valence-corrected chi connectivity index (χ4v) is 5.10. The first kappa shape index (κ1) is 23.3. The molecule has 1 aliphatic rings. The lowest BCUT2D eigenvalue weighted by atomic mass is 9.87. The van der Waals surface area contributed by atoms with Gasteiger partial charge in [-0.05, 0) is 86.8 Å². The van der Waals surface area contributed by atoms with Crippen molar-refractivity contribution in [2.45, 2.75) is 76.7 Å². The lowest BCUT2D eigenvalue weighted by Crippen LogP contribution is -2.37. The molecule has 0 atom stereocenters. The summed E-state index contributed by atoms with van der Waals surface area (Å²) in [6.45, 7) is 6.22. The van der Waals surface area contributed by atoms with Crippen molar-refractivity contribution in [2.75, 3.05) is 4.72 Å². The molecule has 1 amide bonds. The van der Waals surface area contributed by atoms with Gasteiger partial charge in [-0.25, -0.2) is 8.42 Å². The van der Waals surface area contributed by atoms with Gasteiger partial charge in [0.1, 0.15) is 0 Å². The van der Waals surface area contributed by atoms with Crippen LogP contribution in [0.25, 0.3) is 0 Å². The van der Waals surface area contributed by atoms with Crippen molar-refractivity contribution >= 4 is 21.6 Å². The van der Waals surface area contributed by atoms with E-state index in [1.54, 1.807) is 24.3 Å². The highest BCUT2D eigenvalue weighted by atomic mass is 32.2. The molecular weight excluding hydrogens is 408 g/mol. The highest BCUT2D eigenvalue weighted by Gasteiger charge is 2.23. The van der Waals surface area contributed by atoms with Gasteiger partial charge in [-0.2, -0.15) is 0 Å². The molecule has 0 unspecified atom stereocenters. The molecular formula is C25H34N2O3S. The number of rotatable bonds is 8. The highest BCUT2D eigenvalue weighted by Crippen LogP contribution is 2.25. The second-order valence-electron chi connectivity index (χ2n) is 8.81. The van der Waals surface area contributed by atoms with Gasteiger partial charge in [0.25, 0.3) is 15.9 Å². The number of aryl methyl sites for hydroxylation is 2. The smallest absolute Gasteiger partial charge is 0.261 e. The normalized spacial score (nSPS) is 19.1. The molecule has 0 spiro atoms. The minimum atomic E-state index is -3.79. The summed E-state index contributed by atoms with van der Waals surface area (Å²) in [5.41, 5.74) is 2.89.